The Morgan fingerprint density at radius 2 is 1.86 bits per heavy atom. The lowest BCUT2D eigenvalue weighted by atomic mass is 10.3. The van der Waals surface area contributed by atoms with Gasteiger partial charge in [0.25, 0.3) is 0 Å². The highest BCUT2D eigenvalue weighted by Gasteiger charge is 2.14. The fourth-order valence-electron chi connectivity index (χ4n) is 2.89. The summed E-state index contributed by atoms with van der Waals surface area (Å²) in [7, 11) is -2.14. The van der Waals surface area contributed by atoms with E-state index in [4.69, 9.17) is 4.74 Å². The van der Waals surface area contributed by atoms with Gasteiger partial charge in [0.15, 0.2) is 0 Å². The Morgan fingerprint density at radius 3 is 2.62 bits per heavy atom. The average molecular weight is 417 g/mol. The van der Waals surface area contributed by atoms with Crippen LogP contribution in [0.5, 0.6) is 5.75 Å². The number of carbonyl (C=O) groups is 1. The van der Waals surface area contributed by atoms with Crippen LogP contribution in [0.15, 0.2) is 59.8 Å². The molecule has 0 aliphatic carbocycles. The lowest BCUT2D eigenvalue weighted by Crippen LogP contribution is -2.31. The molecular formula is C20H24N4O4S. The zero-order valence-electron chi connectivity index (χ0n) is 16.2. The van der Waals surface area contributed by atoms with Gasteiger partial charge in [0.2, 0.25) is 15.9 Å². The van der Waals surface area contributed by atoms with Crippen LogP contribution in [0.4, 0.5) is 0 Å². The van der Waals surface area contributed by atoms with Gasteiger partial charge in [-0.1, -0.05) is 12.1 Å². The standard InChI is InChI=1S/C20H24N4O4S/c1-28-16-7-9-17(10-8-16)29(26,27)23-13-11-20(25)21-12-4-14-24-15-22-18-5-2-3-6-19(18)24/h2-3,5-10,15,23H,4,11-14H2,1H3,(H,21,25). The third-order valence-corrected chi connectivity index (χ3v) is 5.92. The maximum absolute atomic E-state index is 12.2. The van der Waals surface area contributed by atoms with Crippen molar-refractivity contribution in [3.05, 3.63) is 54.9 Å². The molecule has 2 aromatic carbocycles. The first-order valence-corrected chi connectivity index (χ1v) is 10.8. The number of sulfonamides is 1. The van der Waals surface area contributed by atoms with E-state index in [1.165, 1.54) is 19.2 Å². The number of imidazole rings is 1. The molecule has 2 N–H and O–H groups in total. The summed E-state index contributed by atoms with van der Waals surface area (Å²) in [5, 5.41) is 2.81. The summed E-state index contributed by atoms with van der Waals surface area (Å²) in [6.45, 7) is 1.29. The van der Waals surface area contributed by atoms with Gasteiger partial charge in [-0.25, -0.2) is 18.1 Å². The highest BCUT2D eigenvalue weighted by Crippen LogP contribution is 2.15. The van der Waals surface area contributed by atoms with Gasteiger partial charge in [0.05, 0.1) is 29.4 Å². The van der Waals surface area contributed by atoms with E-state index in [0.717, 1.165) is 24.0 Å². The van der Waals surface area contributed by atoms with Crippen molar-refractivity contribution in [2.75, 3.05) is 20.2 Å². The molecule has 8 nitrogen and oxygen atoms in total. The Labute approximate surface area is 169 Å². The minimum absolute atomic E-state index is 0.0341. The van der Waals surface area contributed by atoms with E-state index in [-0.39, 0.29) is 23.8 Å². The Morgan fingerprint density at radius 1 is 1.10 bits per heavy atom. The van der Waals surface area contributed by atoms with Gasteiger partial charge in [-0.15, -0.1) is 0 Å². The lowest BCUT2D eigenvalue weighted by molar-refractivity contribution is -0.120. The number of fused-ring (bicyclic) bond motifs is 1. The molecule has 3 aromatic rings. The number of rotatable bonds is 10. The van der Waals surface area contributed by atoms with Gasteiger partial charge in [-0.05, 0) is 42.8 Å². The van der Waals surface area contributed by atoms with Crippen molar-refractivity contribution in [3.63, 3.8) is 0 Å². The Balaban J connectivity index is 1.37. The molecule has 0 atom stereocenters. The number of carbonyl (C=O) groups excluding carboxylic acids is 1. The number of hydrogen-bond acceptors (Lipinski definition) is 5. The summed E-state index contributed by atoms with van der Waals surface area (Å²) >= 11 is 0. The molecule has 1 amide bonds. The molecule has 0 aliphatic heterocycles. The average Bonchev–Trinajstić information content (AvgIpc) is 3.14. The van der Waals surface area contributed by atoms with Crippen molar-refractivity contribution in [1.82, 2.24) is 19.6 Å². The van der Waals surface area contributed by atoms with Gasteiger partial charge in [0, 0.05) is 26.1 Å². The van der Waals surface area contributed by atoms with E-state index in [9.17, 15) is 13.2 Å². The van der Waals surface area contributed by atoms with E-state index in [0.29, 0.717) is 12.3 Å². The van der Waals surface area contributed by atoms with Crippen LogP contribution in [0, 0.1) is 0 Å². The highest BCUT2D eigenvalue weighted by atomic mass is 32.2. The topological polar surface area (TPSA) is 102 Å². The van der Waals surface area contributed by atoms with Crippen LogP contribution in [0.1, 0.15) is 12.8 Å². The summed E-state index contributed by atoms with van der Waals surface area (Å²) in [6, 6.07) is 14.0. The molecule has 1 aromatic heterocycles. The van der Waals surface area contributed by atoms with Gasteiger partial charge in [-0.3, -0.25) is 4.79 Å². The number of ether oxygens (including phenoxy) is 1. The highest BCUT2D eigenvalue weighted by molar-refractivity contribution is 7.89. The van der Waals surface area contributed by atoms with Gasteiger partial charge in [0.1, 0.15) is 5.75 Å². The predicted molar refractivity (Wildman–Crippen MR) is 110 cm³/mol. The summed E-state index contributed by atoms with van der Waals surface area (Å²) in [4.78, 5) is 16.4. The minimum atomic E-state index is -3.65. The molecule has 0 saturated heterocycles. The van der Waals surface area contributed by atoms with E-state index in [1.54, 1.807) is 18.5 Å². The zero-order valence-corrected chi connectivity index (χ0v) is 17.0. The SMILES string of the molecule is COc1ccc(S(=O)(=O)NCCC(=O)NCCCn2cnc3ccccc32)cc1. The molecule has 0 spiro atoms. The molecule has 0 aliphatic rings. The largest absolute Gasteiger partial charge is 0.497 e. The number of aryl methyl sites for hydroxylation is 1. The number of nitrogens with one attached hydrogen (secondary N) is 2. The Kier molecular flexibility index (Phi) is 6.84. The van der Waals surface area contributed by atoms with Crippen molar-refractivity contribution in [1.29, 1.82) is 0 Å². The first-order valence-electron chi connectivity index (χ1n) is 9.30. The van der Waals surface area contributed by atoms with Crippen LogP contribution < -0.4 is 14.8 Å². The molecule has 29 heavy (non-hydrogen) atoms. The number of aromatic nitrogens is 2. The molecule has 0 unspecified atom stereocenters. The van der Waals surface area contributed by atoms with Crippen LogP contribution in [0.25, 0.3) is 11.0 Å². The fourth-order valence-corrected chi connectivity index (χ4v) is 3.92. The maximum atomic E-state index is 12.2. The molecular weight excluding hydrogens is 392 g/mol. The van der Waals surface area contributed by atoms with Gasteiger partial charge in [-0.2, -0.15) is 0 Å². The van der Waals surface area contributed by atoms with Crippen molar-refractivity contribution in [2.45, 2.75) is 24.3 Å². The van der Waals surface area contributed by atoms with Crippen molar-refractivity contribution in [2.24, 2.45) is 0 Å². The third kappa shape index (κ3) is 5.55. The van der Waals surface area contributed by atoms with Gasteiger partial charge >= 0.3 is 0 Å². The van der Waals surface area contributed by atoms with Gasteiger partial charge < -0.3 is 14.6 Å². The predicted octanol–water partition coefficient (Wildman–Crippen LogP) is 1.92. The molecule has 3 rings (SSSR count). The number of benzene rings is 2. The zero-order chi connectivity index (χ0) is 20.7. The second-order valence-electron chi connectivity index (χ2n) is 6.45. The normalized spacial score (nSPS) is 11.5. The number of amides is 1. The smallest absolute Gasteiger partial charge is 0.240 e. The maximum Gasteiger partial charge on any atom is 0.240 e. The van der Waals surface area contributed by atoms with Crippen LogP contribution >= 0.6 is 0 Å². The van der Waals surface area contributed by atoms with Crippen molar-refractivity contribution < 1.29 is 17.9 Å². The monoisotopic (exact) mass is 416 g/mol. The van der Waals surface area contributed by atoms with Crippen LogP contribution in [0.2, 0.25) is 0 Å². The number of para-hydroxylation sites is 2. The molecule has 154 valence electrons. The summed E-state index contributed by atoms with van der Waals surface area (Å²) in [5.74, 6) is 0.380. The first kappa shape index (κ1) is 20.8. The third-order valence-electron chi connectivity index (χ3n) is 4.44. The number of methoxy groups -OCH3 is 1. The molecule has 1 heterocycles. The first-order chi connectivity index (χ1) is 14.0. The molecule has 9 heteroatoms. The summed E-state index contributed by atoms with van der Waals surface area (Å²) < 4.78 is 33.9. The minimum Gasteiger partial charge on any atom is -0.497 e. The summed E-state index contributed by atoms with van der Waals surface area (Å²) in [6.07, 6.45) is 2.62. The fraction of sp³-hybridized carbons (Fsp3) is 0.300. The van der Waals surface area contributed by atoms with Crippen molar-refractivity contribution in [3.8, 4) is 5.75 Å². The summed E-state index contributed by atoms with van der Waals surface area (Å²) in [5.41, 5.74) is 2.01. The van der Waals surface area contributed by atoms with E-state index < -0.39 is 10.0 Å². The van der Waals surface area contributed by atoms with Crippen LogP contribution in [-0.4, -0.2) is 44.1 Å². The van der Waals surface area contributed by atoms with E-state index >= 15 is 0 Å². The Bertz CT molecular complexity index is 1060. The number of nitrogens with zero attached hydrogens (tertiary/aromatic N) is 2. The van der Waals surface area contributed by atoms with E-state index in [2.05, 4.69) is 15.0 Å². The lowest BCUT2D eigenvalue weighted by Gasteiger charge is -2.09. The Hall–Kier alpha value is -2.91. The quantitative estimate of drug-likeness (QED) is 0.492. The second-order valence-corrected chi connectivity index (χ2v) is 8.22. The molecule has 0 bridgehead atoms. The molecule has 0 radical (unpaired) electrons. The second kappa shape index (κ2) is 9.53. The van der Waals surface area contributed by atoms with Crippen LogP contribution in [-0.2, 0) is 21.4 Å². The van der Waals surface area contributed by atoms with Crippen LogP contribution in [0.3, 0.4) is 0 Å². The molecule has 0 fully saturated rings. The number of hydrogen-bond donors (Lipinski definition) is 2. The van der Waals surface area contributed by atoms with Crippen molar-refractivity contribution >= 4 is 27.0 Å². The molecule has 0 saturated carbocycles. The van der Waals surface area contributed by atoms with E-state index in [1.807, 2.05) is 28.8 Å².